The summed E-state index contributed by atoms with van der Waals surface area (Å²) in [5, 5.41) is 18.1. The molecule has 4 heteroatoms. The van der Waals surface area contributed by atoms with Gasteiger partial charge < -0.3 is 14.9 Å². The fourth-order valence-electron chi connectivity index (χ4n) is 1.25. The molecule has 0 amide bonds. The fraction of sp³-hybridized carbons (Fsp3) is 0.308. The number of hydrogen-bond donors (Lipinski definition) is 2. The van der Waals surface area contributed by atoms with Crippen LogP contribution in [0.1, 0.15) is 25.3 Å². The smallest absolute Gasteiger partial charge is 0.328 e. The van der Waals surface area contributed by atoms with Crippen LogP contribution in [0.15, 0.2) is 24.3 Å². The van der Waals surface area contributed by atoms with Gasteiger partial charge in [0.1, 0.15) is 0 Å². The summed E-state index contributed by atoms with van der Waals surface area (Å²) in [6, 6.07) is 4.80. The molecule has 0 radical (unpaired) electrons. The van der Waals surface area contributed by atoms with E-state index in [9.17, 15) is 9.90 Å². The van der Waals surface area contributed by atoms with Gasteiger partial charge in [0.25, 0.3) is 0 Å². The normalized spacial score (nSPS) is 10.6. The summed E-state index contributed by atoms with van der Waals surface area (Å²) in [6.07, 6.45) is 4.39. The van der Waals surface area contributed by atoms with Crippen molar-refractivity contribution >= 4 is 12.0 Å². The number of aliphatic carboxylic acids is 1. The molecular formula is C13H16O4. The third-order valence-corrected chi connectivity index (χ3v) is 2.16. The molecule has 0 saturated carbocycles. The lowest BCUT2D eigenvalue weighted by molar-refractivity contribution is -0.131. The Hall–Kier alpha value is -1.97. The number of unbranched alkanes of at least 4 members (excludes halogenated alkanes) is 1. The molecule has 0 aliphatic rings. The van der Waals surface area contributed by atoms with Gasteiger partial charge in [-0.25, -0.2) is 4.79 Å². The van der Waals surface area contributed by atoms with Crippen molar-refractivity contribution < 1.29 is 19.7 Å². The Labute approximate surface area is 100 Å². The van der Waals surface area contributed by atoms with Crippen LogP contribution in [-0.2, 0) is 4.79 Å². The first-order valence-corrected chi connectivity index (χ1v) is 5.50. The molecule has 4 nitrogen and oxygen atoms in total. The largest absolute Gasteiger partial charge is 0.504 e. The molecule has 0 atom stereocenters. The van der Waals surface area contributed by atoms with Crippen LogP contribution in [0.5, 0.6) is 11.5 Å². The Morgan fingerprint density at radius 3 is 2.82 bits per heavy atom. The van der Waals surface area contributed by atoms with Crippen LogP contribution in [0.2, 0.25) is 0 Å². The zero-order valence-electron chi connectivity index (χ0n) is 9.72. The molecule has 0 bridgehead atoms. The second-order valence-electron chi connectivity index (χ2n) is 3.60. The molecule has 1 aromatic carbocycles. The lowest BCUT2D eigenvalue weighted by Crippen LogP contribution is -1.96. The van der Waals surface area contributed by atoms with Crippen LogP contribution in [0.4, 0.5) is 0 Å². The van der Waals surface area contributed by atoms with E-state index < -0.39 is 5.97 Å². The number of ether oxygens (including phenoxy) is 1. The molecule has 1 aromatic rings. The maximum Gasteiger partial charge on any atom is 0.328 e. The average Bonchev–Trinajstić information content (AvgIpc) is 2.29. The van der Waals surface area contributed by atoms with E-state index in [1.807, 2.05) is 0 Å². The second kappa shape index (κ2) is 6.58. The highest BCUT2D eigenvalue weighted by Gasteiger charge is 2.02. The van der Waals surface area contributed by atoms with E-state index >= 15 is 0 Å². The van der Waals surface area contributed by atoms with Gasteiger partial charge >= 0.3 is 5.97 Å². The predicted molar refractivity (Wildman–Crippen MR) is 65.2 cm³/mol. The Bertz CT molecular complexity index is 410. The number of rotatable bonds is 6. The topological polar surface area (TPSA) is 66.8 Å². The van der Waals surface area contributed by atoms with Gasteiger partial charge in [-0.05, 0) is 30.2 Å². The Balaban J connectivity index is 2.69. The molecular weight excluding hydrogens is 220 g/mol. The number of hydrogen-bond acceptors (Lipinski definition) is 3. The van der Waals surface area contributed by atoms with Gasteiger partial charge in [0.05, 0.1) is 6.61 Å². The van der Waals surface area contributed by atoms with Gasteiger partial charge in [0, 0.05) is 6.08 Å². The first-order valence-electron chi connectivity index (χ1n) is 5.50. The van der Waals surface area contributed by atoms with Crippen molar-refractivity contribution in [1.29, 1.82) is 0 Å². The molecule has 0 spiro atoms. The van der Waals surface area contributed by atoms with Gasteiger partial charge in [0.2, 0.25) is 0 Å². The van der Waals surface area contributed by atoms with Gasteiger partial charge in [0.15, 0.2) is 11.5 Å². The molecule has 2 N–H and O–H groups in total. The summed E-state index contributed by atoms with van der Waals surface area (Å²) < 4.78 is 5.37. The van der Waals surface area contributed by atoms with Gasteiger partial charge in [-0.2, -0.15) is 0 Å². The van der Waals surface area contributed by atoms with Crippen molar-refractivity contribution in [3.05, 3.63) is 29.8 Å². The summed E-state index contributed by atoms with van der Waals surface area (Å²) in [5.74, 6) is -0.577. The van der Waals surface area contributed by atoms with Crippen LogP contribution in [-0.4, -0.2) is 22.8 Å². The molecule has 92 valence electrons. The molecule has 0 aromatic heterocycles. The van der Waals surface area contributed by atoms with Crippen LogP contribution in [0, 0.1) is 0 Å². The third kappa shape index (κ3) is 4.59. The number of phenols is 1. The highest BCUT2D eigenvalue weighted by atomic mass is 16.5. The van der Waals surface area contributed by atoms with Crippen molar-refractivity contribution in [2.75, 3.05) is 6.61 Å². The number of benzene rings is 1. The standard InChI is InChI=1S/C13H16O4/c1-2-3-8-17-12-6-4-10(9-11(12)14)5-7-13(15)16/h4-7,9,14H,2-3,8H2,1H3,(H,15,16). The van der Waals surface area contributed by atoms with Crippen LogP contribution in [0.3, 0.4) is 0 Å². The lowest BCUT2D eigenvalue weighted by Gasteiger charge is -2.07. The average molecular weight is 236 g/mol. The summed E-state index contributed by atoms with van der Waals surface area (Å²) in [7, 11) is 0. The van der Waals surface area contributed by atoms with Crippen LogP contribution < -0.4 is 4.74 Å². The highest BCUT2D eigenvalue weighted by molar-refractivity contribution is 5.85. The van der Waals surface area contributed by atoms with Crippen molar-refractivity contribution in [2.24, 2.45) is 0 Å². The molecule has 0 unspecified atom stereocenters. The van der Waals surface area contributed by atoms with E-state index in [1.165, 1.54) is 12.1 Å². The minimum absolute atomic E-state index is 0.0219. The van der Waals surface area contributed by atoms with Crippen molar-refractivity contribution in [1.82, 2.24) is 0 Å². The predicted octanol–water partition coefficient (Wildman–Crippen LogP) is 2.67. The number of carboxylic acids is 1. The molecule has 0 heterocycles. The van der Waals surface area contributed by atoms with E-state index in [4.69, 9.17) is 9.84 Å². The Morgan fingerprint density at radius 2 is 2.24 bits per heavy atom. The molecule has 0 aliphatic carbocycles. The maximum atomic E-state index is 10.3. The molecule has 1 rings (SSSR count). The quantitative estimate of drug-likeness (QED) is 0.588. The zero-order chi connectivity index (χ0) is 12.7. The second-order valence-corrected chi connectivity index (χ2v) is 3.60. The van der Waals surface area contributed by atoms with Crippen molar-refractivity contribution in [3.8, 4) is 11.5 Å². The van der Waals surface area contributed by atoms with Crippen LogP contribution in [0.25, 0.3) is 6.08 Å². The first-order chi connectivity index (χ1) is 8.13. The number of aromatic hydroxyl groups is 1. The lowest BCUT2D eigenvalue weighted by atomic mass is 10.2. The summed E-state index contributed by atoms with van der Waals surface area (Å²) in [5.41, 5.74) is 0.618. The Kier molecular flexibility index (Phi) is 5.07. The van der Waals surface area contributed by atoms with Gasteiger partial charge in [-0.3, -0.25) is 0 Å². The SMILES string of the molecule is CCCCOc1ccc(C=CC(=O)O)cc1O. The first kappa shape index (κ1) is 13.1. The molecule has 17 heavy (non-hydrogen) atoms. The zero-order valence-corrected chi connectivity index (χ0v) is 9.72. The minimum atomic E-state index is -1.02. The van der Waals surface area contributed by atoms with Crippen LogP contribution >= 0.6 is 0 Å². The molecule has 0 saturated heterocycles. The Morgan fingerprint density at radius 1 is 1.47 bits per heavy atom. The summed E-state index contributed by atoms with van der Waals surface area (Å²) in [4.78, 5) is 10.3. The number of phenolic OH excluding ortho intramolecular Hbond substituents is 1. The minimum Gasteiger partial charge on any atom is -0.504 e. The summed E-state index contributed by atoms with van der Waals surface area (Å²) in [6.45, 7) is 2.62. The summed E-state index contributed by atoms with van der Waals surface area (Å²) >= 11 is 0. The van der Waals surface area contributed by atoms with E-state index in [-0.39, 0.29) is 5.75 Å². The highest BCUT2D eigenvalue weighted by Crippen LogP contribution is 2.27. The number of carbonyl (C=O) groups is 1. The van der Waals surface area contributed by atoms with E-state index in [0.29, 0.717) is 17.9 Å². The van der Waals surface area contributed by atoms with Gasteiger partial charge in [-0.1, -0.05) is 19.4 Å². The monoisotopic (exact) mass is 236 g/mol. The molecule has 0 aliphatic heterocycles. The van der Waals surface area contributed by atoms with Gasteiger partial charge in [-0.15, -0.1) is 0 Å². The van der Waals surface area contributed by atoms with Crippen molar-refractivity contribution in [2.45, 2.75) is 19.8 Å². The molecule has 0 fully saturated rings. The van der Waals surface area contributed by atoms with E-state index in [2.05, 4.69) is 6.92 Å². The van der Waals surface area contributed by atoms with E-state index in [1.54, 1.807) is 12.1 Å². The number of carboxylic acid groups (broad SMARTS) is 1. The van der Waals surface area contributed by atoms with Crippen molar-refractivity contribution in [3.63, 3.8) is 0 Å². The van der Waals surface area contributed by atoms with E-state index in [0.717, 1.165) is 18.9 Å². The third-order valence-electron chi connectivity index (χ3n) is 2.16. The fourth-order valence-corrected chi connectivity index (χ4v) is 1.25. The maximum absolute atomic E-state index is 10.3.